The molecule has 3 aliphatic rings. The van der Waals surface area contributed by atoms with E-state index >= 15 is 0 Å². The van der Waals surface area contributed by atoms with Crippen molar-refractivity contribution in [1.29, 1.82) is 0 Å². The van der Waals surface area contributed by atoms with Crippen LogP contribution in [0.1, 0.15) is 37.7 Å². The largest absolute Gasteiger partial charge is 0.393 e. The highest BCUT2D eigenvalue weighted by atomic mass is 16.5. The smallest absolute Gasteiger partial charge is 0.225 e. The van der Waals surface area contributed by atoms with Crippen LogP contribution in [-0.4, -0.2) is 59.4 Å². The van der Waals surface area contributed by atoms with Gasteiger partial charge >= 0.3 is 0 Å². The van der Waals surface area contributed by atoms with Crippen molar-refractivity contribution in [1.82, 2.24) is 9.88 Å². The van der Waals surface area contributed by atoms with Gasteiger partial charge in [-0.25, -0.2) is 0 Å². The number of ether oxygens (including phenoxy) is 2. The molecule has 1 aliphatic carbocycles. The number of likely N-dealkylation sites (tertiary alicyclic amines) is 1. The first-order valence-corrected chi connectivity index (χ1v) is 9.71. The maximum absolute atomic E-state index is 12.8. The Bertz CT molecular complexity index is 619. The summed E-state index contributed by atoms with van der Waals surface area (Å²) in [5, 5.41) is 9.51. The van der Waals surface area contributed by atoms with Crippen molar-refractivity contribution in [3.63, 3.8) is 0 Å². The monoisotopic (exact) mass is 360 g/mol. The van der Waals surface area contributed by atoms with Crippen molar-refractivity contribution < 1.29 is 19.4 Å². The van der Waals surface area contributed by atoms with E-state index in [9.17, 15) is 9.90 Å². The summed E-state index contributed by atoms with van der Waals surface area (Å²) < 4.78 is 12.1. The third kappa shape index (κ3) is 3.63. The normalized spacial score (nSPS) is 34.0. The molecular formula is C20H28N2O4. The van der Waals surface area contributed by atoms with Crippen molar-refractivity contribution in [3.8, 4) is 0 Å². The molecule has 6 heteroatoms. The number of hydrogen-bond donors (Lipinski definition) is 1. The molecule has 0 spiro atoms. The van der Waals surface area contributed by atoms with Crippen LogP contribution < -0.4 is 0 Å². The lowest BCUT2D eigenvalue weighted by molar-refractivity contribution is -0.171. The van der Waals surface area contributed by atoms with Crippen LogP contribution in [0, 0.1) is 11.3 Å². The maximum Gasteiger partial charge on any atom is 0.225 e. The van der Waals surface area contributed by atoms with Crippen LogP contribution in [0.4, 0.5) is 0 Å². The number of carbonyl (C=O) groups is 1. The molecule has 2 atom stereocenters. The number of fused-ring (bicyclic) bond motifs is 1. The lowest BCUT2D eigenvalue weighted by Crippen LogP contribution is -2.59. The van der Waals surface area contributed by atoms with Crippen molar-refractivity contribution in [2.75, 3.05) is 26.3 Å². The maximum atomic E-state index is 12.8. The van der Waals surface area contributed by atoms with Crippen LogP contribution in [0.5, 0.6) is 0 Å². The topological polar surface area (TPSA) is 71.9 Å². The van der Waals surface area contributed by atoms with Crippen LogP contribution in [0.25, 0.3) is 0 Å². The van der Waals surface area contributed by atoms with Gasteiger partial charge < -0.3 is 19.5 Å². The fourth-order valence-corrected chi connectivity index (χ4v) is 4.59. The molecule has 1 amide bonds. The Morgan fingerprint density at radius 1 is 1.38 bits per heavy atom. The first kappa shape index (κ1) is 17.9. The molecule has 26 heavy (non-hydrogen) atoms. The summed E-state index contributed by atoms with van der Waals surface area (Å²) in [5.74, 6) is 0.202. The van der Waals surface area contributed by atoms with Gasteiger partial charge in [-0.3, -0.25) is 9.78 Å². The first-order valence-electron chi connectivity index (χ1n) is 9.71. The highest BCUT2D eigenvalue weighted by Gasteiger charge is 2.48. The number of amides is 1. The molecule has 0 unspecified atom stereocenters. The minimum Gasteiger partial charge on any atom is -0.393 e. The number of pyridine rings is 1. The summed E-state index contributed by atoms with van der Waals surface area (Å²) in [6.45, 7) is 3.43. The summed E-state index contributed by atoms with van der Waals surface area (Å²) in [7, 11) is 0. The van der Waals surface area contributed by atoms with Crippen LogP contribution in [0.15, 0.2) is 24.5 Å². The second kappa shape index (κ2) is 7.62. The molecule has 0 radical (unpaired) electrons. The zero-order valence-electron chi connectivity index (χ0n) is 15.2. The van der Waals surface area contributed by atoms with Crippen LogP contribution >= 0.6 is 0 Å². The Morgan fingerprint density at radius 2 is 2.19 bits per heavy atom. The summed E-state index contributed by atoms with van der Waals surface area (Å²) in [6, 6.07) is 3.93. The number of piperidine rings is 1. The summed E-state index contributed by atoms with van der Waals surface area (Å²) >= 11 is 0. The van der Waals surface area contributed by atoms with E-state index in [2.05, 4.69) is 4.98 Å². The number of hydrogen-bond acceptors (Lipinski definition) is 5. The highest BCUT2D eigenvalue weighted by molar-refractivity contribution is 5.80. The molecule has 1 N–H and O–H groups in total. The Morgan fingerprint density at radius 3 is 2.96 bits per heavy atom. The fourth-order valence-electron chi connectivity index (χ4n) is 4.59. The predicted octanol–water partition coefficient (Wildman–Crippen LogP) is 1.77. The predicted molar refractivity (Wildman–Crippen MR) is 95.2 cm³/mol. The third-order valence-electron chi connectivity index (χ3n) is 6.17. The van der Waals surface area contributed by atoms with Gasteiger partial charge in [-0.1, -0.05) is 0 Å². The molecule has 4 rings (SSSR count). The minimum absolute atomic E-state index is 0.000783. The number of aliphatic hydroxyl groups is 1. The average Bonchev–Trinajstić information content (AvgIpc) is 2.65. The van der Waals surface area contributed by atoms with Crippen molar-refractivity contribution in [2.24, 2.45) is 11.3 Å². The second-order valence-electron chi connectivity index (χ2n) is 8.04. The van der Waals surface area contributed by atoms with E-state index in [1.165, 1.54) is 0 Å². The Labute approximate surface area is 154 Å². The Hall–Kier alpha value is -1.50. The molecule has 6 nitrogen and oxygen atoms in total. The van der Waals surface area contributed by atoms with Gasteiger partial charge in [0, 0.05) is 43.4 Å². The van der Waals surface area contributed by atoms with Gasteiger partial charge in [0.15, 0.2) is 0 Å². The minimum atomic E-state index is -0.294. The molecule has 2 aliphatic heterocycles. The summed E-state index contributed by atoms with van der Waals surface area (Å²) in [4.78, 5) is 18.8. The lowest BCUT2D eigenvalue weighted by atomic mass is 9.72. The van der Waals surface area contributed by atoms with Crippen molar-refractivity contribution in [3.05, 3.63) is 30.1 Å². The number of aliphatic hydroxyl groups excluding tert-OH is 1. The molecule has 2 saturated heterocycles. The zero-order valence-corrected chi connectivity index (χ0v) is 15.2. The lowest BCUT2D eigenvalue weighted by Gasteiger charge is -2.51. The Kier molecular flexibility index (Phi) is 5.25. The molecule has 1 aromatic heterocycles. The number of carbonyl (C=O) groups excluding carboxylic acids is 1. The molecular weight excluding hydrogens is 332 g/mol. The van der Waals surface area contributed by atoms with E-state index in [0.717, 1.165) is 38.0 Å². The SMILES string of the molecule is O=C(C1CC(O)C1)N1CC[C@@H]2OCCC[C@@]2(COCc2ccncc2)C1. The number of aromatic nitrogens is 1. The second-order valence-corrected chi connectivity index (χ2v) is 8.04. The van der Waals surface area contributed by atoms with Crippen molar-refractivity contribution >= 4 is 5.91 Å². The number of nitrogens with zero attached hydrogens (tertiary/aromatic N) is 2. The molecule has 1 aromatic rings. The van der Waals surface area contributed by atoms with Gasteiger partial charge in [0.2, 0.25) is 5.91 Å². The van der Waals surface area contributed by atoms with E-state index < -0.39 is 0 Å². The van der Waals surface area contributed by atoms with Gasteiger partial charge in [-0.2, -0.15) is 0 Å². The van der Waals surface area contributed by atoms with Crippen LogP contribution in [-0.2, 0) is 20.9 Å². The van der Waals surface area contributed by atoms with Crippen LogP contribution in [0.3, 0.4) is 0 Å². The fraction of sp³-hybridized carbons (Fsp3) is 0.700. The van der Waals surface area contributed by atoms with E-state index in [-0.39, 0.29) is 29.4 Å². The molecule has 0 aromatic carbocycles. The van der Waals surface area contributed by atoms with Gasteiger partial charge in [-0.05, 0) is 49.8 Å². The van der Waals surface area contributed by atoms with Crippen LogP contribution in [0.2, 0.25) is 0 Å². The molecule has 142 valence electrons. The van der Waals surface area contributed by atoms with Crippen molar-refractivity contribution in [2.45, 2.75) is 50.9 Å². The molecule has 3 fully saturated rings. The average molecular weight is 360 g/mol. The summed E-state index contributed by atoms with van der Waals surface area (Å²) in [6.07, 6.45) is 7.57. The number of rotatable bonds is 5. The molecule has 3 heterocycles. The highest BCUT2D eigenvalue weighted by Crippen LogP contribution is 2.42. The van der Waals surface area contributed by atoms with Gasteiger partial charge in [0.25, 0.3) is 0 Å². The van der Waals surface area contributed by atoms with E-state index in [4.69, 9.17) is 9.47 Å². The zero-order chi connectivity index (χ0) is 18.0. The van der Waals surface area contributed by atoms with E-state index in [0.29, 0.717) is 32.6 Å². The standard InChI is InChI=1S/C20H28N2O4/c23-17-10-16(11-17)19(24)22-8-4-18-20(13-22,5-1-9-26-18)14-25-12-15-2-6-21-7-3-15/h2-3,6-7,16-18,23H,1,4-5,8-14H2/t16?,17?,18-,20-/m0/s1. The molecule has 1 saturated carbocycles. The van der Waals surface area contributed by atoms with Gasteiger partial charge in [0.1, 0.15) is 0 Å². The van der Waals surface area contributed by atoms with Gasteiger partial charge in [-0.15, -0.1) is 0 Å². The van der Waals surface area contributed by atoms with Gasteiger partial charge in [0.05, 0.1) is 25.4 Å². The van der Waals surface area contributed by atoms with E-state index in [1.807, 2.05) is 17.0 Å². The third-order valence-corrected chi connectivity index (χ3v) is 6.17. The van der Waals surface area contributed by atoms with E-state index in [1.54, 1.807) is 12.4 Å². The quantitative estimate of drug-likeness (QED) is 0.866. The summed E-state index contributed by atoms with van der Waals surface area (Å²) in [5.41, 5.74) is 0.999. The first-order chi connectivity index (χ1) is 12.7. The Balaban J connectivity index is 1.40. The molecule has 0 bridgehead atoms.